The summed E-state index contributed by atoms with van der Waals surface area (Å²) in [5, 5.41) is 9.82. The van der Waals surface area contributed by atoms with Crippen LogP contribution in [0.5, 0.6) is 5.88 Å². The van der Waals surface area contributed by atoms with Gasteiger partial charge >= 0.3 is 0 Å². The number of piperidine rings is 1. The lowest BCUT2D eigenvalue weighted by atomic mass is 9.89. The minimum Gasteiger partial charge on any atom is -0.481 e. The van der Waals surface area contributed by atoms with Gasteiger partial charge in [0.2, 0.25) is 11.8 Å². The molecule has 2 N–H and O–H groups in total. The third-order valence-electron chi connectivity index (χ3n) is 6.78. The van der Waals surface area contributed by atoms with Gasteiger partial charge in [0, 0.05) is 29.6 Å². The van der Waals surface area contributed by atoms with Crippen LogP contribution >= 0.6 is 11.6 Å². The van der Waals surface area contributed by atoms with Crippen LogP contribution < -0.4 is 10.1 Å². The molecule has 0 saturated carbocycles. The van der Waals surface area contributed by atoms with Crippen LogP contribution in [0.2, 0.25) is 5.02 Å². The Morgan fingerprint density at radius 1 is 1.17 bits per heavy atom. The number of fused-ring (bicyclic) bond motifs is 2. The zero-order chi connectivity index (χ0) is 25.4. The number of ether oxygens (including phenoxy) is 1. The van der Waals surface area contributed by atoms with Crippen molar-refractivity contribution in [3.05, 3.63) is 58.6 Å². The number of aromatic amines is 1. The third kappa shape index (κ3) is 4.62. The Hall–Kier alpha value is -3.60. The number of hydrogen-bond donors (Lipinski definition) is 2. The summed E-state index contributed by atoms with van der Waals surface area (Å²) >= 11 is 6.00. The van der Waals surface area contributed by atoms with E-state index in [1.165, 1.54) is 19.2 Å². The molecule has 2 bridgehead atoms. The Bertz CT molecular complexity index is 1300. The van der Waals surface area contributed by atoms with Crippen LogP contribution in [-0.2, 0) is 11.3 Å². The van der Waals surface area contributed by atoms with Crippen LogP contribution in [0.1, 0.15) is 41.9 Å². The number of rotatable bonds is 6. The Morgan fingerprint density at radius 2 is 1.92 bits per heavy atom. The first-order chi connectivity index (χ1) is 17.3. The molecule has 2 fully saturated rings. The number of amides is 2. The van der Waals surface area contributed by atoms with E-state index < -0.39 is 11.6 Å². The average Bonchev–Trinajstić information content (AvgIpc) is 3.45. The molecule has 9 nitrogen and oxygen atoms in total. The van der Waals surface area contributed by atoms with Crippen LogP contribution in [0, 0.1) is 17.6 Å². The largest absolute Gasteiger partial charge is 0.481 e. The zero-order valence-electron chi connectivity index (χ0n) is 19.3. The molecule has 3 aromatic heterocycles. The van der Waals surface area contributed by atoms with E-state index in [0.717, 1.165) is 31.3 Å². The van der Waals surface area contributed by atoms with Crippen molar-refractivity contribution in [2.24, 2.45) is 5.92 Å². The summed E-state index contributed by atoms with van der Waals surface area (Å²) < 4.78 is 32.5. The molecule has 2 aliphatic rings. The molecule has 2 saturated heterocycles. The molecule has 12 heteroatoms. The lowest BCUT2D eigenvalue weighted by Gasteiger charge is -2.38. The highest BCUT2D eigenvalue weighted by atomic mass is 35.5. The van der Waals surface area contributed by atoms with Crippen LogP contribution in [0.4, 0.5) is 8.78 Å². The summed E-state index contributed by atoms with van der Waals surface area (Å²) in [4.78, 5) is 35.7. The maximum absolute atomic E-state index is 14.3. The number of halogens is 3. The summed E-state index contributed by atoms with van der Waals surface area (Å²) in [7, 11) is 1.43. The number of nitrogens with one attached hydrogen (secondary N) is 2. The first-order valence-electron chi connectivity index (χ1n) is 11.5. The van der Waals surface area contributed by atoms with Gasteiger partial charge in [-0.3, -0.25) is 19.7 Å². The van der Waals surface area contributed by atoms with Gasteiger partial charge in [-0.2, -0.15) is 5.10 Å². The molecular weight excluding hydrogens is 494 g/mol. The predicted octanol–water partition coefficient (Wildman–Crippen LogP) is 3.51. The van der Waals surface area contributed by atoms with Gasteiger partial charge in [-0.05, 0) is 37.8 Å². The van der Waals surface area contributed by atoms with E-state index in [1.807, 2.05) is 4.90 Å². The smallest absolute Gasteiger partial charge is 0.272 e. The number of carbonyl (C=O) groups is 2. The fourth-order valence-corrected chi connectivity index (χ4v) is 5.27. The van der Waals surface area contributed by atoms with Crippen molar-refractivity contribution in [1.29, 1.82) is 0 Å². The van der Waals surface area contributed by atoms with Gasteiger partial charge in [-0.25, -0.2) is 13.8 Å². The van der Waals surface area contributed by atoms with Crippen LogP contribution in [0.15, 0.2) is 30.6 Å². The van der Waals surface area contributed by atoms with Crippen molar-refractivity contribution in [2.45, 2.75) is 44.3 Å². The average molecular weight is 517 g/mol. The summed E-state index contributed by atoms with van der Waals surface area (Å²) in [5.74, 6) is -1.53. The van der Waals surface area contributed by atoms with E-state index in [-0.39, 0.29) is 64.2 Å². The van der Waals surface area contributed by atoms with E-state index in [2.05, 4.69) is 25.5 Å². The van der Waals surface area contributed by atoms with Crippen LogP contribution in [-0.4, -0.2) is 56.1 Å². The molecule has 0 spiro atoms. The normalized spacial score (nSPS) is 20.9. The van der Waals surface area contributed by atoms with Crippen molar-refractivity contribution < 1.29 is 23.1 Å². The molecular formula is C24H23ClF2N6O3. The van der Waals surface area contributed by atoms with Crippen LogP contribution in [0.25, 0.3) is 11.3 Å². The minimum absolute atomic E-state index is 0.0935. The number of nitrogens with zero attached hydrogens (tertiary/aromatic N) is 4. The standard InChI is InChI=1S/C24H23ClF2N6O3/c1-36-22-7-16(18(27)10-29-22)19-8-20(32-31-19)24(35)33-14-2-3-15(33)5-12(4-14)23(34)30-11-21-17(25)6-13(26)9-28-21/h6-10,12,14-15H,2-5,11H2,1H3,(H,30,34)(H,31,32). The number of aromatic nitrogens is 4. The Morgan fingerprint density at radius 3 is 2.61 bits per heavy atom. The minimum atomic E-state index is -0.578. The second-order valence-electron chi connectivity index (χ2n) is 8.94. The topological polar surface area (TPSA) is 113 Å². The maximum Gasteiger partial charge on any atom is 0.272 e. The first-order valence-corrected chi connectivity index (χ1v) is 11.9. The van der Waals surface area contributed by atoms with Gasteiger partial charge in [0.15, 0.2) is 5.82 Å². The van der Waals surface area contributed by atoms with Gasteiger partial charge < -0.3 is 15.0 Å². The van der Waals surface area contributed by atoms with Crippen molar-refractivity contribution in [3.63, 3.8) is 0 Å². The predicted molar refractivity (Wildman–Crippen MR) is 125 cm³/mol. The Labute approximate surface area is 210 Å². The molecule has 3 aromatic rings. The summed E-state index contributed by atoms with van der Waals surface area (Å²) in [6.45, 7) is 0.0969. The van der Waals surface area contributed by atoms with E-state index >= 15 is 0 Å². The first kappa shape index (κ1) is 24.1. The number of pyridine rings is 2. The molecule has 2 unspecified atom stereocenters. The second kappa shape index (κ2) is 9.81. The molecule has 5 heterocycles. The fraction of sp³-hybridized carbons (Fsp3) is 0.375. The third-order valence-corrected chi connectivity index (χ3v) is 7.10. The van der Waals surface area contributed by atoms with Crippen molar-refractivity contribution >= 4 is 23.4 Å². The van der Waals surface area contributed by atoms with E-state index in [1.54, 1.807) is 0 Å². The molecule has 0 aliphatic carbocycles. The Balaban J connectivity index is 1.24. The number of carbonyl (C=O) groups excluding carboxylic acids is 2. The number of H-pyrrole nitrogens is 1. The molecule has 2 atom stereocenters. The van der Waals surface area contributed by atoms with Crippen molar-refractivity contribution in [1.82, 2.24) is 30.4 Å². The monoisotopic (exact) mass is 516 g/mol. The van der Waals surface area contributed by atoms with Gasteiger partial charge in [-0.15, -0.1) is 0 Å². The van der Waals surface area contributed by atoms with Crippen LogP contribution in [0.3, 0.4) is 0 Å². The quantitative estimate of drug-likeness (QED) is 0.518. The lowest BCUT2D eigenvalue weighted by Crippen LogP contribution is -2.49. The summed E-state index contributed by atoms with van der Waals surface area (Å²) in [6.07, 6.45) is 4.73. The molecule has 0 radical (unpaired) electrons. The van der Waals surface area contributed by atoms with E-state index in [9.17, 15) is 18.4 Å². The van der Waals surface area contributed by atoms with Gasteiger partial charge in [0.05, 0.1) is 42.5 Å². The molecule has 5 rings (SSSR count). The maximum atomic E-state index is 14.3. The summed E-state index contributed by atoms with van der Waals surface area (Å²) in [5.41, 5.74) is 1.08. The molecule has 188 valence electrons. The zero-order valence-corrected chi connectivity index (χ0v) is 20.1. The van der Waals surface area contributed by atoms with Gasteiger partial charge in [0.1, 0.15) is 11.5 Å². The highest BCUT2D eigenvalue weighted by Crippen LogP contribution is 2.40. The van der Waals surface area contributed by atoms with Crippen molar-refractivity contribution in [2.75, 3.05) is 7.11 Å². The highest BCUT2D eigenvalue weighted by Gasteiger charge is 2.45. The fourth-order valence-electron chi connectivity index (χ4n) is 5.05. The van der Waals surface area contributed by atoms with Gasteiger partial charge in [-0.1, -0.05) is 11.6 Å². The number of methoxy groups -OCH3 is 1. The van der Waals surface area contributed by atoms with Gasteiger partial charge in [0.25, 0.3) is 5.91 Å². The Kier molecular flexibility index (Phi) is 6.57. The SMILES string of the molecule is COc1cc(-c2cc(C(=O)N3C4CCC3CC(C(=O)NCc3ncc(F)cc3Cl)C4)[nH]n2)c(F)cn1. The second-order valence-corrected chi connectivity index (χ2v) is 9.35. The molecule has 0 aromatic carbocycles. The highest BCUT2D eigenvalue weighted by molar-refractivity contribution is 6.31. The van der Waals surface area contributed by atoms with E-state index in [0.29, 0.717) is 18.5 Å². The number of hydrogen-bond acceptors (Lipinski definition) is 6. The van der Waals surface area contributed by atoms with E-state index in [4.69, 9.17) is 16.3 Å². The molecule has 2 aliphatic heterocycles. The molecule has 2 amide bonds. The summed E-state index contributed by atoms with van der Waals surface area (Å²) in [6, 6.07) is 3.90. The lowest BCUT2D eigenvalue weighted by molar-refractivity contribution is -0.127. The molecule has 36 heavy (non-hydrogen) atoms. The van der Waals surface area contributed by atoms with Crippen molar-refractivity contribution in [3.8, 4) is 17.1 Å².